The van der Waals surface area contributed by atoms with Gasteiger partial charge in [0, 0.05) is 32.2 Å². The second-order valence-electron chi connectivity index (χ2n) is 7.84. The van der Waals surface area contributed by atoms with Crippen molar-refractivity contribution in [2.75, 3.05) is 13.1 Å². The minimum Gasteiger partial charge on any atom is -0.372 e. The van der Waals surface area contributed by atoms with E-state index in [0.717, 1.165) is 34.5 Å². The molecule has 29 heavy (non-hydrogen) atoms. The van der Waals surface area contributed by atoms with Gasteiger partial charge < -0.3 is 19.5 Å². The number of fused-ring (bicyclic) bond motifs is 1. The number of morpholine rings is 1. The molecule has 1 saturated heterocycles. The van der Waals surface area contributed by atoms with Crippen molar-refractivity contribution in [3.05, 3.63) is 65.5 Å². The fraction of sp³-hybridized carbons (Fsp3) is 0.391. The molecule has 0 aliphatic carbocycles. The van der Waals surface area contributed by atoms with E-state index in [9.17, 15) is 4.79 Å². The minimum atomic E-state index is 0.0752. The van der Waals surface area contributed by atoms with Crippen molar-refractivity contribution in [3.63, 3.8) is 0 Å². The third-order valence-corrected chi connectivity index (χ3v) is 5.40. The van der Waals surface area contributed by atoms with Crippen molar-refractivity contribution in [1.82, 2.24) is 19.8 Å². The van der Waals surface area contributed by atoms with Crippen LogP contribution in [-0.4, -0.2) is 45.7 Å². The van der Waals surface area contributed by atoms with Crippen LogP contribution in [0.25, 0.3) is 11.0 Å². The summed E-state index contributed by atoms with van der Waals surface area (Å²) in [7, 11) is 2.04. The average molecular weight is 393 g/mol. The van der Waals surface area contributed by atoms with Crippen molar-refractivity contribution in [2.45, 2.75) is 39.1 Å². The number of hydrogen-bond acceptors (Lipinski definition) is 4. The number of benzene rings is 2. The van der Waals surface area contributed by atoms with E-state index in [1.807, 2.05) is 68.3 Å². The Bertz CT molecular complexity index is 986. The molecule has 1 aromatic heterocycles. The largest absolute Gasteiger partial charge is 0.372 e. The normalized spacial score (nSPS) is 19.6. The Labute approximate surface area is 171 Å². The van der Waals surface area contributed by atoms with Gasteiger partial charge >= 0.3 is 0 Å². The van der Waals surface area contributed by atoms with E-state index in [-0.39, 0.29) is 18.1 Å². The van der Waals surface area contributed by atoms with Gasteiger partial charge in [-0.25, -0.2) is 4.98 Å². The smallest absolute Gasteiger partial charge is 0.254 e. The van der Waals surface area contributed by atoms with Gasteiger partial charge in [0.25, 0.3) is 5.91 Å². The van der Waals surface area contributed by atoms with Gasteiger partial charge in [0.05, 0.1) is 29.8 Å². The van der Waals surface area contributed by atoms with Crippen LogP contribution in [0.4, 0.5) is 0 Å². The molecule has 0 radical (unpaired) electrons. The maximum Gasteiger partial charge on any atom is 0.254 e. The molecule has 1 fully saturated rings. The zero-order valence-corrected chi connectivity index (χ0v) is 17.3. The monoisotopic (exact) mass is 392 g/mol. The molecule has 1 aliphatic heterocycles. The van der Waals surface area contributed by atoms with Crippen LogP contribution >= 0.6 is 0 Å². The first-order valence-electron chi connectivity index (χ1n) is 10.2. The molecule has 2 aromatic carbocycles. The topological polar surface area (TPSA) is 59.4 Å². The molecule has 0 spiro atoms. The molecule has 0 bridgehead atoms. The van der Waals surface area contributed by atoms with E-state index >= 15 is 0 Å². The number of aryl methyl sites for hydroxylation is 1. The number of hydrogen-bond donors (Lipinski definition) is 1. The van der Waals surface area contributed by atoms with E-state index < -0.39 is 0 Å². The van der Waals surface area contributed by atoms with E-state index in [0.29, 0.717) is 19.6 Å². The van der Waals surface area contributed by atoms with Crippen LogP contribution in [0.1, 0.15) is 35.6 Å². The Balaban J connectivity index is 1.34. The highest BCUT2D eigenvalue weighted by atomic mass is 16.5. The van der Waals surface area contributed by atoms with Gasteiger partial charge in [-0.3, -0.25) is 4.79 Å². The van der Waals surface area contributed by atoms with Crippen LogP contribution in [0.2, 0.25) is 0 Å². The number of imidazole rings is 1. The fourth-order valence-corrected chi connectivity index (χ4v) is 3.96. The first-order chi connectivity index (χ1) is 14.0. The Morgan fingerprint density at radius 1 is 1.07 bits per heavy atom. The maximum absolute atomic E-state index is 12.8. The number of nitrogens with zero attached hydrogens (tertiary/aromatic N) is 3. The number of carbonyl (C=O) groups is 1. The molecule has 6 nitrogen and oxygen atoms in total. The Hall–Kier alpha value is -2.70. The summed E-state index contributed by atoms with van der Waals surface area (Å²) in [5, 5.41) is 3.45. The van der Waals surface area contributed by atoms with Gasteiger partial charge in [-0.1, -0.05) is 24.3 Å². The lowest BCUT2D eigenvalue weighted by molar-refractivity contribution is -0.0586. The number of carbonyl (C=O) groups excluding carboxylic acids is 1. The standard InChI is InChI=1S/C23H28N4O2/c1-16-14-27(15-17(2)29-16)23(28)19-10-8-18(9-11-19)12-24-13-22-25-20-6-4-5-7-21(20)26(22)3/h4-11,16-17,24H,12-15H2,1-3H3. The predicted molar refractivity (Wildman–Crippen MR) is 114 cm³/mol. The second-order valence-corrected chi connectivity index (χ2v) is 7.84. The van der Waals surface area contributed by atoms with Crippen molar-refractivity contribution in [1.29, 1.82) is 0 Å². The van der Waals surface area contributed by atoms with Gasteiger partial charge in [-0.05, 0) is 43.7 Å². The molecule has 1 N–H and O–H groups in total. The number of aromatic nitrogens is 2. The van der Waals surface area contributed by atoms with Crippen molar-refractivity contribution in [3.8, 4) is 0 Å². The van der Waals surface area contributed by atoms with Crippen LogP contribution in [0.3, 0.4) is 0 Å². The van der Waals surface area contributed by atoms with Crippen molar-refractivity contribution in [2.24, 2.45) is 7.05 Å². The number of amides is 1. The zero-order valence-electron chi connectivity index (χ0n) is 17.3. The Kier molecular flexibility index (Phi) is 5.65. The summed E-state index contributed by atoms with van der Waals surface area (Å²) in [5.41, 5.74) is 4.02. The highest BCUT2D eigenvalue weighted by molar-refractivity contribution is 5.94. The molecule has 2 atom stereocenters. The molecule has 2 unspecified atom stereocenters. The highest BCUT2D eigenvalue weighted by Crippen LogP contribution is 2.16. The van der Waals surface area contributed by atoms with Gasteiger partial charge in [0.1, 0.15) is 5.82 Å². The van der Waals surface area contributed by atoms with E-state index in [1.54, 1.807) is 0 Å². The molecule has 2 heterocycles. The summed E-state index contributed by atoms with van der Waals surface area (Å²) in [6.07, 6.45) is 0.155. The molecule has 152 valence electrons. The molecule has 1 aliphatic rings. The molecular formula is C23H28N4O2. The lowest BCUT2D eigenvalue weighted by Crippen LogP contribution is -2.48. The fourth-order valence-electron chi connectivity index (χ4n) is 3.96. The second kappa shape index (κ2) is 8.35. The molecule has 4 rings (SSSR count). The first kappa shape index (κ1) is 19.6. The maximum atomic E-state index is 12.8. The van der Waals surface area contributed by atoms with Crippen LogP contribution < -0.4 is 5.32 Å². The summed E-state index contributed by atoms with van der Waals surface area (Å²) in [5.74, 6) is 1.08. The molecular weight excluding hydrogens is 364 g/mol. The third-order valence-electron chi connectivity index (χ3n) is 5.40. The first-order valence-corrected chi connectivity index (χ1v) is 10.2. The lowest BCUT2D eigenvalue weighted by atomic mass is 10.1. The van der Waals surface area contributed by atoms with Crippen LogP contribution in [0.15, 0.2) is 48.5 Å². The van der Waals surface area contributed by atoms with Crippen molar-refractivity contribution >= 4 is 16.9 Å². The molecule has 3 aromatic rings. The number of ether oxygens (including phenoxy) is 1. The van der Waals surface area contributed by atoms with E-state index in [2.05, 4.69) is 20.9 Å². The Morgan fingerprint density at radius 3 is 2.45 bits per heavy atom. The van der Waals surface area contributed by atoms with E-state index in [4.69, 9.17) is 4.74 Å². The molecule has 6 heteroatoms. The summed E-state index contributed by atoms with van der Waals surface area (Å²) in [6.45, 7) is 6.72. The highest BCUT2D eigenvalue weighted by Gasteiger charge is 2.26. The predicted octanol–water partition coefficient (Wildman–Crippen LogP) is 3.11. The lowest BCUT2D eigenvalue weighted by Gasteiger charge is -2.35. The van der Waals surface area contributed by atoms with Gasteiger partial charge in [-0.2, -0.15) is 0 Å². The van der Waals surface area contributed by atoms with Gasteiger partial charge in [0.2, 0.25) is 0 Å². The zero-order chi connectivity index (χ0) is 20.4. The molecule has 0 saturated carbocycles. The van der Waals surface area contributed by atoms with Crippen LogP contribution in [0, 0.1) is 0 Å². The third kappa shape index (κ3) is 4.33. The van der Waals surface area contributed by atoms with Crippen LogP contribution in [0.5, 0.6) is 0 Å². The quantitative estimate of drug-likeness (QED) is 0.725. The Morgan fingerprint density at radius 2 is 1.76 bits per heavy atom. The number of para-hydroxylation sites is 2. The molecule has 1 amide bonds. The summed E-state index contributed by atoms with van der Waals surface area (Å²) in [6, 6.07) is 16.0. The SMILES string of the molecule is CC1CN(C(=O)c2ccc(CNCc3nc4ccccc4n3C)cc2)CC(C)O1. The van der Waals surface area contributed by atoms with Crippen molar-refractivity contribution < 1.29 is 9.53 Å². The van der Waals surface area contributed by atoms with Gasteiger partial charge in [-0.15, -0.1) is 0 Å². The number of nitrogens with one attached hydrogen (secondary N) is 1. The number of rotatable bonds is 5. The van der Waals surface area contributed by atoms with Crippen LogP contribution in [-0.2, 0) is 24.9 Å². The summed E-state index contributed by atoms with van der Waals surface area (Å²) >= 11 is 0. The average Bonchev–Trinajstić information content (AvgIpc) is 3.03. The summed E-state index contributed by atoms with van der Waals surface area (Å²) in [4.78, 5) is 19.3. The summed E-state index contributed by atoms with van der Waals surface area (Å²) < 4.78 is 7.84. The minimum absolute atomic E-state index is 0.0752. The van der Waals surface area contributed by atoms with Gasteiger partial charge in [0.15, 0.2) is 0 Å². The van der Waals surface area contributed by atoms with E-state index in [1.165, 1.54) is 0 Å².